The first kappa shape index (κ1) is 11.4. The Labute approximate surface area is 58.0 Å². The largest absolute Gasteiger partial charge is 0.341 e. The molecule has 8 heavy (non-hydrogen) atoms. The Balaban J connectivity index is 0. The zero-order valence-corrected chi connectivity index (χ0v) is 6.92. The smallest absolute Gasteiger partial charge is 0.323 e. The molecule has 52 valence electrons. The monoisotopic (exact) mass is 205 g/mol. The van der Waals surface area contributed by atoms with Crippen molar-refractivity contribution in [2.45, 2.75) is 12.7 Å². The van der Waals surface area contributed by atoms with Crippen LogP contribution in [0.15, 0.2) is 0 Å². The zero-order chi connectivity index (χ0) is 6.08. The van der Waals surface area contributed by atoms with Crippen LogP contribution in [0.4, 0.5) is 0 Å². The van der Waals surface area contributed by atoms with Gasteiger partial charge in [0.05, 0.1) is 0 Å². The van der Waals surface area contributed by atoms with Crippen LogP contribution in [-0.4, -0.2) is 15.6 Å². The van der Waals surface area contributed by atoms with E-state index in [2.05, 4.69) is 0 Å². The van der Waals surface area contributed by atoms with Crippen LogP contribution in [0.5, 0.6) is 0 Å². The summed E-state index contributed by atoms with van der Waals surface area (Å²) in [5.41, 5.74) is 4.81. The number of rotatable bonds is 1. The summed E-state index contributed by atoms with van der Waals surface area (Å²) in [4.78, 5) is 16.2. The number of hydrogen-bond donors (Lipinski definition) is 3. The molecule has 4 nitrogen and oxygen atoms in total. The summed E-state index contributed by atoms with van der Waals surface area (Å²) >= 11 is 0. The van der Waals surface area contributed by atoms with Crippen molar-refractivity contribution in [3.63, 3.8) is 0 Å². The molecule has 0 aliphatic heterocycles. The van der Waals surface area contributed by atoms with Gasteiger partial charge in [0.2, 0.25) is 0 Å². The predicted molar refractivity (Wildman–Crippen MR) is 36.0 cm³/mol. The van der Waals surface area contributed by atoms with Crippen molar-refractivity contribution in [1.82, 2.24) is 0 Å². The molecule has 0 aliphatic carbocycles. The Kier molecular flexibility index (Phi) is 5.10. The molecule has 0 saturated heterocycles. The van der Waals surface area contributed by atoms with E-state index in [0.717, 1.165) is 0 Å². The third kappa shape index (κ3) is 4.74. The lowest BCUT2D eigenvalue weighted by Crippen LogP contribution is -2.14. The Morgan fingerprint density at radius 2 is 1.75 bits per heavy atom. The van der Waals surface area contributed by atoms with Crippen LogP contribution >= 0.6 is 24.6 Å². The molecule has 1 atom stereocenters. The van der Waals surface area contributed by atoms with Crippen LogP contribution in [0, 0.1) is 0 Å². The molecule has 0 heterocycles. The van der Waals surface area contributed by atoms with Gasteiger partial charge in [0.15, 0.2) is 0 Å². The average molecular weight is 206 g/mol. The minimum absolute atomic E-state index is 0. The molecule has 0 aromatic heterocycles. The maximum Gasteiger partial charge on any atom is 0.341 e. The highest BCUT2D eigenvalue weighted by Crippen LogP contribution is 2.37. The molecule has 0 fully saturated rings. The maximum atomic E-state index is 9.90. The first-order valence-corrected chi connectivity index (χ1v) is 3.43. The van der Waals surface area contributed by atoms with Gasteiger partial charge in [-0.3, -0.25) is 4.57 Å². The first-order chi connectivity index (χ1) is 2.94. The summed E-state index contributed by atoms with van der Waals surface area (Å²) in [5.74, 6) is -1.03. The molecule has 0 aromatic carbocycles. The third-order valence-corrected chi connectivity index (χ3v) is 1.59. The Morgan fingerprint density at radius 1 is 1.62 bits per heavy atom. The maximum absolute atomic E-state index is 9.90. The van der Waals surface area contributed by atoms with E-state index in [1.807, 2.05) is 0 Å². The predicted octanol–water partition coefficient (Wildman–Crippen LogP) is 0.0467. The lowest BCUT2D eigenvalue weighted by Gasteiger charge is -2.04. The van der Waals surface area contributed by atoms with Gasteiger partial charge in [-0.25, -0.2) is 0 Å². The molecule has 4 N–H and O–H groups in total. The van der Waals surface area contributed by atoms with Gasteiger partial charge in [-0.15, -0.1) is 17.0 Å². The Bertz CT molecular complexity index is 99.5. The molecule has 0 spiro atoms. The molecular weight excluding hydrogens is 197 g/mol. The van der Waals surface area contributed by atoms with E-state index in [-0.39, 0.29) is 17.0 Å². The summed E-state index contributed by atoms with van der Waals surface area (Å²) in [6, 6.07) is 0. The van der Waals surface area contributed by atoms with E-state index >= 15 is 0 Å². The fourth-order valence-corrected chi connectivity index (χ4v) is 0. The second kappa shape index (κ2) is 3.58. The molecule has 0 amide bonds. The summed E-state index contributed by atoms with van der Waals surface area (Å²) < 4.78 is 9.90. The van der Waals surface area contributed by atoms with Crippen LogP contribution in [0.25, 0.3) is 0 Å². The summed E-state index contributed by atoms with van der Waals surface area (Å²) in [6.45, 7) is 1.26. The molecular formula is C2H9BrNO3P. The molecule has 1 unspecified atom stereocenters. The SMILES string of the molecule is Br.CC(N)P(=O)(O)O. The number of nitrogens with two attached hydrogens (primary N) is 1. The molecule has 0 aromatic rings. The molecule has 0 saturated carbocycles. The molecule has 6 heteroatoms. The minimum atomic E-state index is -3.96. The highest BCUT2D eigenvalue weighted by Gasteiger charge is 2.17. The molecule has 0 radical (unpaired) electrons. The normalized spacial score (nSPS) is 14.5. The standard InChI is InChI=1S/C2H8NO3P.BrH/c1-2(3)7(4,5)6;/h2H,3H2,1H3,(H2,4,5,6);1H. The fraction of sp³-hybridized carbons (Fsp3) is 1.00. The number of halogens is 1. The molecule has 0 bridgehead atoms. The van der Waals surface area contributed by atoms with Gasteiger partial charge in [-0.2, -0.15) is 0 Å². The summed E-state index contributed by atoms with van der Waals surface area (Å²) in [5, 5.41) is 0. The van der Waals surface area contributed by atoms with Crippen LogP contribution < -0.4 is 5.73 Å². The van der Waals surface area contributed by atoms with E-state index in [4.69, 9.17) is 15.5 Å². The quantitative estimate of drug-likeness (QED) is 0.529. The number of hydrogen-bond acceptors (Lipinski definition) is 2. The third-order valence-electron chi connectivity index (χ3n) is 0.531. The first-order valence-electron chi connectivity index (χ1n) is 1.75. The summed E-state index contributed by atoms with van der Waals surface area (Å²) in [6.07, 6.45) is 0. The van der Waals surface area contributed by atoms with E-state index < -0.39 is 13.4 Å². The van der Waals surface area contributed by atoms with Crippen molar-refractivity contribution >= 4 is 24.6 Å². The van der Waals surface area contributed by atoms with E-state index in [1.165, 1.54) is 6.92 Å². The van der Waals surface area contributed by atoms with Gasteiger partial charge >= 0.3 is 7.60 Å². The van der Waals surface area contributed by atoms with Crippen LogP contribution in [0.3, 0.4) is 0 Å². The van der Waals surface area contributed by atoms with Gasteiger partial charge in [-0.05, 0) is 6.92 Å². The lowest BCUT2D eigenvalue weighted by atomic mass is 10.8. The van der Waals surface area contributed by atoms with Crippen LogP contribution in [-0.2, 0) is 4.57 Å². The minimum Gasteiger partial charge on any atom is -0.323 e. The van der Waals surface area contributed by atoms with Gasteiger partial charge in [0.25, 0.3) is 0 Å². The van der Waals surface area contributed by atoms with Gasteiger partial charge in [0, 0.05) is 0 Å². The Morgan fingerprint density at radius 3 is 1.75 bits per heavy atom. The van der Waals surface area contributed by atoms with Crippen molar-refractivity contribution < 1.29 is 14.4 Å². The fourth-order valence-electron chi connectivity index (χ4n) is 0. The second-order valence-electron chi connectivity index (χ2n) is 1.33. The molecule has 0 aliphatic rings. The lowest BCUT2D eigenvalue weighted by molar-refractivity contribution is 0.361. The zero-order valence-electron chi connectivity index (χ0n) is 4.31. The topological polar surface area (TPSA) is 83.6 Å². The average Bonchev–Trinajstić information content (AvgIpc) is 1.31. The van der Waals surface area contributed by atoms with Crippen molar-refractivity contribution in [3.05, 3.63) is 0 Å². The van der Waals surface area contributed by atoms with E-state index in [1.54, 1.807) is 0 Å². The summed E-state index contributed by atoms with van der Waals surface area (Å²) in [7, 11) is -3.96. The van der Waals surface area contributed by atoms with Crippen LogP contribution in [0.1, 0.15) is 6.92 Å². The Hall–Kier alpha value is 0.590. The van der Waals surface area contributed by atoms with Crippen molar-refractivity contribution in [2.75, 3.05) is 0 Å². The van der Waals surface area contributed by atoms with Gasteiger partial charge < -0.3 is 15.5 Å². The van der Waals surface area contributed by atoms with Crippen molar-refractivity contribution in [3.8, 4) is 0 Å². The van der Waals surface area contributed by atoms with E-state index in [9.17, 15) is 4.57 Å². The molecule has 0 rings (SSSR count). The van der Waals surface area contributed by atoms with Gasteiger partial charge in [0.1, 0.15) is 5.78 Å². The van der Waals surface area contributed by atoms with Crippen molar-refractivity contribution in [1.29, 1.82) is 0 Å². The second-order valence-corrected chi connectivity index (χ2v) is 3.32. The van der Waals surface area contributed by atoms with E-state index in [0.29, 0.717) is 0 Å². The van der Waals surface area contributed by atoms with Crippen molar-refractivity contribution in [2.24, 2.45) is 5.73 Å². The highest BCUT2D eigenvalue weighted by atomic mass is 79.9. The highest BCUT2D eigenvalue weighted by molar-refractivity contribution is 8.93. The van der Waals surface area contributed by atoms with Gasteiger partial charge in [-0.1, -0.05) is 0 Å². The van der Waals surface area contributed by atoms with Crippen LogP contribution in [0.2, 0.25) is 0 Å².